The molecule has 3 aromatic rings. The van der Waals surface area contributed by atoms with E-state index in [1.165, 1.54) is 24.3 Å². The van der Waals surface area contributed by atoms with Gasteiger partial charge in [-0.15, -0.1) is 0 Å². The van der Waals surface area contributed by atoms with Gasteiger partial charge in [0.25, 0.3) is 5.91 Å². The van der Waals surface area contributed by atoms with E-state index in [2.05, 4.69) is 15.6 Å². The first-order chi connectivity index (χ1) is 12.8. The molecule has 0 bridgehead atoms. The third kappa shape index (κ3) is 4.22. The second-order valence-electron chi connectivity index (χ2n) is 6.42. The Morgan fingerprint density at radius 3 is 2.48 bits per heavy atom. The average Bonchev–Trinajstić information content (AvgIpc) is 2.99. The summed E-state index contributed by atoms with van der Waals surface area (Å²) in [5.41, 5.74) is 1.54. The van der Waals surface area contributed by atoms with Gasteiger partial charge in [-0.1, -0.05) is 13.8 Å². The maximum absolute atomic E-state index is 13.0. The summed E-state index contributed by atoms with van der Waals surface area (Å²) >= 11 is 0. The topological polar surface area (TPSA) is 104 Å². The van der Waals surface area contributed by atoms with Gasteiger partial charge in [-0.2, -0.15) is 0 Å². The molecule has 2 amide bonds. The van der Waals surface area contributed by atoms with Crippen LogP contribution in [0.2, 0.25) is 0 Å². The van der Waals surface area contributed by atoms with Gasteiger partial charge in [-0.05, 0) is 48.4 Å². The summed E-state index contributed by atoms with van der Waals surface area (Å²) in [5, 5.41) is 5.38. The number of carbonyl (C=O) groups excluding carboxylic acids is 2. The lowest BCUT2D eigenvalue weighted by molar-refractivity contribution is -0.118. The third-order valence-corrected chi connectivity index (χ3v) is 4.03. The fourth-order valence-electron chi connectivity index (χ4n) is 2.61. The first-order valence-electron chi connectivity index (χ1n) is 8.33. The molecule has 0 aliphatic heterocycles. The Morgan fingerprint density at radius 1 is 1.11 bits per heavy atom. The fourth-order valence-corrected chi connectivity index (χ4v) is 2.61. The van der Waals surface area contributed by atoms with Gasteiger partial charge in [0.1, 0.15) is 11.9 Å². The number of fused-ring (bicyclic) bond motifs is 1. The number of benzene rings is 2. The molecular formula is C19H18FN3O4. The monoisotopic (exact) mass is 371 g/mol. The number of halogens is 1. The summed E-state index contributed by atoms with van der Waals surface area (Å²) in [7, 11) is 0. The summed E-state index contributed by atoms with van der Waals surface area (Å²) in [6.07, 6.45) is 0. The summed E-state index contributed by atoms with van der Waals surface area (Å²) in [5.74, 6) is -2.10. The van der Waals surface area contributed by atoms with E-state index < -0.39 is 29.4 Å². The average molecular weight is 371 g/mol. The van der Waals surface area contributed by atoms with Gasteiger partial charge in [0, 0.05) is 11.3 Å². The van der Waals surface area contributed by atoms with Crippen LogP contribution in [0, 0.1) is 11.7 Å². The van der Waals surface area contributed by atoms with Crippen molar-refractivity contribution < 1.29 is 18.4 Å². The zero-order valence-electron chi connectivity index (χ0n) is 14.7. The lowest BCUT2D eigenvalue weighted by Gasteiger charge is -2.21. The van der Waals surface area contributed by atoms with Gasteiger partial charge in [0.15, 0.2) is 5.58 Å². The molecule has 1 heterocycles. The molecule has 2 aromatic carbocycles. The summed E-state index contributed by atoms with van der Waals surface area (Å²) in [6.45, 7) is 3.60. The van der Waals surface area contributed by atoms with Crippen LogP contribution < -0.4 is 16.4 Å². The zero-order valence-corrected chi connectivity index (χ0v) is 14.7. The normalized spacial score (nSPS) is 12.1. The molecular weight excluding hydrogens is 353 g/mol. The van der Waals surface area contributed by atoms with Crippen molar-refractivity contribution in [3.05, 3.63) is 64.4 Å². The molecule has 8 heteroatoms. The van der Waals surface area contributed by atoms with Gasteiger partial charge < -0.3 is 15.1 Å². The molecule has 0 fully saturated rings. The number of rotatable bonds is 5. The molecule has 1 atom stereocenters. The Hall–Kier alpha value is -3.42. The number of amides is 2. The number of aromatic nitrogens is 1. The van der Waals surface area contributed by atoms with Crippen molar-refractivity contribution in [2.24, 2.45) is 5.92 Å². The standard InChI is InChI=1S/C19H18FN3O4/c1-10(2)16(23-17(24)11-3-5-12(20)6-4-11)18(25)21-13-7-8-15-14(9-13)22-19(26)27-15/h3-10,16H,1-2H3,(H,21,25)(H,22,26)(H,23,24). The summed E-state index contributed by atoms with van der Waals surface area (Å²) in [6, 6.07) is 8.98. The summed E-state index contributed by atoms with van der Waals surface area (Å²) in [4.78, 5) is 38.7. The van der Waals surface area contributed by atoms with Crippen LogP contribution in [-0.4, -0.2) is 22.8 Å². The molecule has 0 aliphatic rings. The highest BCUT2D eigenvalue weighted by Gasteiger charge is 2.25. The van der Waals surface area contributed by atoms with Crippen LogP contribution in [0.3, 0.4) is 0 Å². The first-order valence-corrected chi connectivity index (χ1v) is 8.33. The van der Waals surface area contributed by atoms with E-state index in [-0.39, 0.29) is 11.5 Å². The van der Waals surface area contributed by atoms with Crippen LogP contribution in [0.5, 0.6) is 0 Å². The minimum atomic E-state index is -0.804. The Morgan fingerprint density at radius 2 is 1.81 bits per heavy atom. The predicted molar refractivity (Wildman–Crippen MR) is 98.0 cm³/mol. The van der Waals surface area contributed by atoms with Crippen molar-refractivity contribution in [2.75, 3.05) is 5.32 Å². The van der Waals surface area contributed by atoms with E-state index in [0.29, 0.717) is 16.8 Å². The molecule has 1 aromatic heterocycles. The number of H-pyrrole nitrogens is 1. The Kier molecular flexibility index (Phi) is 5.07. The number of hydrogen-bond acceptors (Lipinski definition) is 4. The number of oxazole rings is 1. The largest absolute Gasteiger partial charge is 0.417 e. The first kappa shape index (κ1) is 18.4. The van der Waals surface area contributed by atoms with E-state index in [4.69, 9.17) is 4.42 Å². The molecule has 7 nitrogen and oxygen atoms in total. The van der Waals surface area contributed by atoms with Crippen LogP contribution >= 0.6 is 0 Å². The molecule has 140 valence electrons. The van der Waals surface area contributed by atoms with Gasteiger partial charge in [0.2, 0.25) is 5.91 Å². The number of hydrogen-bond donors (Lipinski definition) is 3. The van der Waals surface area contributed by atoms with E-state index in [1.807, 2.05) is 0 Å². The van der Waals surface area contributed by atoms with Gasteiger partial charge >= 0.3 is 5.76 Å². The Balaban J connectivity index is 1.74. The Bertz CT molecular complexity index is 1040. The number of nitrogens with one attached hydrogen (secondary N) is 3. The molecule has 27 heavy (non-hydrogen) atoms. The second-order valence-corrected chi connectivity index (χ2v) is 6.42. The van der Waals surface area contributed by atoms with Crippen molar-refractivity contribution in [2.45, 2.75) is 19.9 Å². The van der Waals surface area contributed by atoms with Gasteiger partial charge in [-0.25, -0.2) is 9.18 Å². The quantitative estimate of drug-likeness (QED) is 0.641. The van der Waals surface area contributed by atoms with E-state index in [0.717, 1.165) is 0 Å². The van der Waals surface area contributed by atoms with Crippen LogP contribution in [0.1, 0.15) is 24.2 Å². The SMILES string of the molecule is CC(C)C(NC(=O)c1ccc(F)cc1)C(=O)Nc1ccc2oc(=O)[nH]c2c1. The fraction of sp³-hybridized carbons (Fsp3) is 0.211. The molecule has 0 saturated carbocycles. The summed E-state index contributed by atoms with van der Waals surface area (Å²) < 4.78 is 17.9. The van der Waals surface area contributed by atoms with E-state index in [1.54, 1.807) is 32.0 Å². The zero-order chi connectivity index (χ0) is 19.6. The van der Waals surface area contributed by atoms with E-state index in [9.17, 15) is 18.8 Å². The highest BCUT2D eigenvalue weighted by molar-refractivity contribution is 6.01. The maximum atomic E-state index is 13.0. The van der Waals surface area contributed by atoms with Gasteiger partial charge in [-0.3, -0.25) is 14.6 Å². The molecule has 0 spiro atoms. The van der Waals surface area contributed by atoms with Crippen molar-refractivity contribution in [3.8, 4) is 0 Å². The molecule has 3 rings (SSSR count). The van der Waals surface area contributed by atoms with E-state index >= 15 is 0 Å². The maximum Gasteiger partial charge on any atom is 0.417 e. The van der Waals surface area contributed by atoms with Crippen molar-refractivity contribution in [3.63, 3.8) is 0 Å². The van der Waals surface area contributed by atoms with Crippen LogP contribution in [-0.2, 0) is 4.79 Å². The lowest BCUT2D eigenvalue weighted by atomic mass is 10.0. The molecule has 1 unspecified atom stereocenters. The van der Waals surface area contributed by atoms with Crippen LogP contribution in [0.25, 0.3) is 11.1 Å². The van der Waals surface area contributed by atoms with Gasteiger partial charge in [0.05, 0.1) is 5.52 Å². The number of anilines is 1. The lowest BCUT2D eigenvalue weighted by Crippen LogP contribution is -2.47. The molecule has 0 aliphatic carbocycles. The highest BCUT2D eigenvalue weighted by atomic mass is 19.1. The van der Waals surface area contributed by atoms with Crippen molar-refractivity contribution in [1.29, 1.82) is 0 Å². The van der Waals surface area contributed by atoms with Crippen molar-refractivity contribution >= 4 is 28.6 Å². The Labute approximate surface area is 153 Å². The third-order valence-electron chi connectivity index (χ3n) is 4.03. The molecule has 0 radical (unpaired) electrons. The van der Waals surface area contributed by atoms with Crippen LogP contribution in [0.4, 0.5) is 10.1 Å². The number of aromatic amines is 1. The highest BCUT2D eigenvalue weighted by Crippen LogP contribution is 2.17. The smallest absolute Gasteiger partial charge is 0.408 e. The number of carbonyl (C=O) groups is 2. The minimum absolute atomic E-state index is 0.188. The van der Waals surface area contributed by atoms with Crippen LogP contribution in [0.15, 0.2) is 51.7 Å². The molecule has 3 N–H and O–H groups in total. The second kappa shape index (κ2) is 7.45. The van der Waals surface area contributed by atoms with Crippen molar-refractivity contribution in [1.82, 2.24) is 10.3 Å². The molecule has 0 saturated heterocycles. The predicted octanol–water partition coefficient (Wildman–Crippen LogP) is 2.65. The minimum Gasteiger partial charge on any atom is -0.408 e.